The zero-order chi connectivity index (χ0) is 32.0. The number of carbonyl (C=O) groups is 1. The Morgan fingerprint density at radius 2 is 1.57 bits per heavy atom. The van der Waals surface area contributed by atoms with Gasteiger partial charge in [-0.15, -0.1) is 0 Å². The van der Waals surface area contributed by atoms with E-state index >= 15 is 0 Å². The van der Waals surface area contributed by atoms with E-state index in [2.05, 4.69) is 42.5 Å². The van der Waals surface area contributed by atoms with Crippen LogP contribution in [0.2, 0.25) is 0 Å². The molecule has 0 radical (unpaired) electrons. The fraction of sp³-hybridized carbons (Fsp3) is 0.556. The van der Waals surface area contributed by atoms with Gasteiger partial charge in [0.2, 0.25) is 0 Å². The van der Waals surface area contributed by atoms with E-state index < -0.39 is 5.91 Å². The molecule has 2 saturated carbocycles. The number of nitrogens with two attached hydrogens (primary N) is 1. The van der Waals surface area contributed by atoms with Crippen LogP contribution in [0.15, 0.2) is 42.6 Å². The minimum Gasteiger partial charge on any atom is -0.375 e. The standard InChI is InChI=1S/C36H47N9O2/c1-24-3-2-15-38-30(24)31-34(40-26-12-22-47-36(23-26)13-14-36)42-35(32(41-31)33(37)46)39-25-4-6-27(7-5-25)43-16-10-29(11-17-43)45-20-18-44(19-21-45)28-8-9-28/h2-7,15,26,28-29H,8-14,16-23H2,1H3,(H2,37,46)(H2,39,40,42). The van der Waals surface area contributed by atoms with Crippen molar-refractivity contribution >= 4 is 28.9 Å². The number of hydrogen-bond acceptors (Lipinski definition) is 10. The van der Waals surface area contributed by atoms with Gasteiger partial charge in [0.15, 0.2) is 17.3 Å². The number of rotatable bonds is 9. The van der Waals surface area contributed by atoms with Gasteiger partial charge in [-0.3, -0.25) is 19.6 Å². The zero-order valence-corrected chi connectivity index (χ0v) is 27.5. The molecular formula is C36H47N9O2. The Morgan fingerprint density at radius 3 is 2.21 bits per heavy atom. The molecule has 2 aliphatic carbocycles. The molecule has 5 fully saturated rings. The molecule has 5 aliphatic rings. The van der Waals surface area contributed by atoms with Gasteiger partial charge in [-0.05, 0) is 94.2 Å². The first-order valence-corrected chi connectivity index (χ1v) is 17.6. The number of primary amides is 1. The van der Waals surface area contributed by atoms with Crippen molar-refractivity contribution in [1.82, 2.24) is 24.8 Å². The van der Waals surface area contributed by atoms with Crippen molar-refractivity contribution in [3.05, 3.63) is 53.9 Å². The molecular weight excluding hydrogens is 590 g/mol. The van der Waals surface area contributed by atoms with E-state index in [4.69, 9.17) is 20.4 Å². The van der Waals surface area contributed by atoms with Crippen LogP contribution in [0.1, 0.15) is 67.4 Å². The number of amides is 1. The summed E-state index contributed by atoms with van der Waals surface area (Å²) in [6, 6.07) is 14.0. The van der Waals surface area contributed by atoms with Crippen LogP contribution in [0.3, 0.4) is 0 Å². The van der Waals surface area contributed by atoms with Crippen LogP contribution in [0.4, 0.5) is 23.0 Å². The molecule has 0 bridgehead atoms. The minimum atomic E-state index is -0.641. The monoisotopic (exact) mass is 637 g/mol. The summed E-state index contributed by atoms with van der Waals surface area (Å²) in [5, 5.41) is 7.01. The van der Waals surface area contributed by atoms with Gasteiger partial charge < -0.3 is 26.0 Å². The largest absolute Gasteiger partial charge is 0.375 e. The molecule has 248 valence electrons. The summed E-state index contributed by atoms with van der Waals surface area (Å²) in [4.78, 5) is 35.0. The minimum absolute atomic E-state index is 0.000731. The van der Waals surface area contributed by atoms with Crippen LogP contribution in [-0.2, 0) is 4.74 Å². The number of ether oxygens (including phenoxy) is 1. The summed E-state index contributed by atoms with van der Waals surface area (Å²) < 4.78 is 6.06. The summed E-state index contributed by atoms with van der Waals surface area (Å²) in [5.74, 6) is 0.286. The Labute approximate surface area is 277 Å². The SMILES string of the molecule is Cc1cccnc1-c1nc(C(N)=O)c(Nc2ccc(N3CCC(N4CCN(C5CC5)CC4)CC3)cc2)nc1NC1CCOC2(CC2)C1. The second-order valence-corrected chi connectivity index (χ2v) is 14.2. The highest BCUT2D eigenvalue weighted by molar-refractivity contribution is 5.97. The fourth-order valence-electron chi connectivity index (χ4n) is 7.81. The maximum atomic E-state index is 12.7. The molecule has 3 aromatic rings. The van der Waals surface area contributed by atoms with E-state index in [9.17, 15) is 4.79 Å². The Morgan fingerprint density at radius 1 is 0.872 bits per heavy atom. The van der Waals surface area contributed by atoms with Crippen LogP contribution in [0.5, 0.6) is 0 Å². The maximum absolute atomic E-state index is 12.7. The molecule has 3 saturated heterocycles. The van der Waals surface area contributed by atoms with Crippen LogP contribution in [0.25, 0.3) is 11.4 Å². The van der Waals surface area contributed by atoms with E-state index in [-0.39, 0.29) is 17.3 Å². The molecule has 47 heavy (non-hydrogen) atoms. The first-order chi connectivity index (χ1) is 22.9. The van der Waals surface area contributed by atoms with Gasteiger partial charge in [0, 0.05) is 81.6 Å². The molecule has 3 aliphatic heterocycles. The van der Waals surface area contributed by atoms with Crippen molar-refractivity contribution in [2.75, 3.05) is 61.4 Å². The first kappa shape index (κ1) is 30.5. The van der Waals surface area contributed by atoms with Gasteiger partial charge in [0.25, 0.3) is 5.91 Å². The topological polar surface area (TPSA) is 125 Å². The molecule has 1 amide bonds. The van der Waals surface area contributed by atoms with E-state index in [1.165, 1.54) is 57.5 Å². The maximum Gasteiger partial charge on any atom is 0.271 e. The Balaban J connectivity index is 0.975. The number of nitrogens with zero attached hydrogens (tertiary/aromatic N) is 6. The predicted octanol–water partition coefficient (Wildman–Crippen LogP) is 4.56. The van der Waals surface area contributed by atoms with Gasteiger partial charge >= 0.3 is 0 Å². The van der Waals surface area contributed by atoms with Gasteiger partial charge in [0.05, 0.1) is 11.3 Å². The third-order valence-corrected chi connectivity index (χ3v) is 10.9. The van der Waals surface area contributed by atoms with E-state index in [1.807, 2.05) is 31.2 Å². The van der Waals surface area contributed by atoms with Gasteiger partial charge in [-0.2, -0.15) is 0 Å². The number of carbonyl (C=O) groups excluding carboxylic acids is 1. The lowest BCUT2D eigenvalue weighted by Gasteiger charge is -2.43. The number of aromatic nitrogens is 3. The zero-order valence-electron chi connectivity index (χ0n) is 27.5. The van der Waals surface area contributed by atoms with Crippen molar-refractivity contribution in [2.45, 2.75) is 82.0 Å². The smallest absolute Gasteiger partial charge is 0.271 e. The second kappa shape index (κ2) is 12.7. The van der Waals surface area contributed by atoms with E-state index in [0.717, 1.165) is 62.7 Å². The summed E-state index contributed by atoms with van der Waals surface area (Å²) in [5.41, 5.74) is 10.2. The highest BCUT2D eigenvalue weighted by Gasteiger charge is 2.48. The number of piperidine rings is 1. The number of anilines is 4. The molecule has 1 spiro atoms. The molecule has 5 heterocycles. The van der Waals surface area contributed by atoms with Crippen molar-refractivity contribution in [1.29, 1.82) is 0 Å². The van der Waals surface area contributed by atoms with E-state index in [0.29, 0.717) is 29.1 Å². The summed E-state index contributed by atoms with van der Waals surface area (Å²) in [7, 11) is 0. The Hall–Kier alpha value is -3.80. The number of pyridine rings is 1. The molecule has 8 rings (SSSR count). The molecule has 1 unspecified atom stereocenters. The summed E-state index contributed by atoms with van der Waals surface area (Å²) >= 11 is 0. The van der Waals surface area contributed by atoms with Crippen LogP contribution >= 0.6 is 0 Å². The molecule has 1 aromatic carbocycles. The second-order valence-electron chi connectivity index (χ2n) is 14.2. The Kier molecular flexibility index (Phi) is 8.23. The van der Waals surface area contributed by atoms with Crippen LogP contribution in [-0.4, -0.2) is 100 Å². The molecule has 11 heteroatoms. The van der Waals surface area contributed by atoms with Gasteiger partial charge in [-0.1, -0.05) is 6.07 Å². The Bertz CT molecular complexity index is 1590. The number of nitrogens with one attached hydrogen (secondary N) is 2. The quantitative estimate of drug-likeness (QED) is 0.308. The lowest BCUT2D eigenvalue weighted by Crippen LogP contribution is -2.53. The first-order valence-electron chi connectivity index (χ1n) is 17.6. The average molecular weight is 638 g/mol. The summed E-state index contributed by atoms with van der Waals surface area (Å²) in [6.45, 7) is 9.73. The highest BCUT2D eigenvalue weighted by atomic mass is 16.5. The van der Waals surface area contributed by atoms with Gasteiger partial charge in [-0.25, -0.2) is 9.97 Å². The van der Waals surface area contributed by atoms with Crippen LogP contribution < -0.4 is 21.3 Å². The normalized spacial score (nSPS) is 23.5. The predicted molar refractivity (Wildman–Crippen MR) is 184 cm³/mol. The van der Waals surface area contributed by atoms with Crippen molar-refractivity contribution in [3.63, 3.8) is 0 Å². The third kappa shape index (κ3) is 6.66. The fourth-order valence-corrected chi connectivity index (χ4v) is 7.81. The van der Waals surface area contributed by atoms with Crippen LogP contribution in [0, 0.1) is 6.92 Å². The number of benzene rings is 1. The van der Waals surface area contributed by atoms with Crippen molar-refractivity contribution in [2.24, 2.45) is 5.73 Å². The lowest BCUT2D eigenvalue weighted by molar-refractivity contribution is -0.00884. The molecule has 4 N–H and O–H groups in total. The highest BCUT2D eigenvalue weighted by Crippen LogP contribution is 2.47. The third-order valence-electron chi connectivity index (χ3n) is 10.9. The van der Waals surface area contributed by atoms with Gasteiger partial charge in [0.1, 0.15) is 5.69 Å². The summed E-state index contributed by atoms with van der Waals surface area (Å²) in [6.07, 6.45) is 10.9. The van der Waals surface area contributed by atoms with Crippen molar-refractivity contribution < 1.29 is 9.53 Å². The van der Waals surface area contributed by atoms with Crippen molar-refractivity contribution in [3.8, 4) is 11.4 Å². The molecule has 1 atom stereocenters. The number of aryl methyl sites for hydroxylation is 1. The average Bonchev–Trinajstić information content (AvgIpc) is 4.04. The number of piperazine rings is 1. The lowest BCUT2D eigenvalue weighted by atomic mass is 10.0. The number of hydrogen-bond donors (Lipinski definition) is 3. The molecule has 2 aromatic heterocycles. The van der Waals surface area contributed by atoms with E-state index in [1.54, 1.807) is 6.20 Å². The molecule has 11 nitrogen and oxygen atoms in total.